The molecule has 0 aromatic heterocycles. The van der Waals surface area contributed by atoms with E-state index in [1.807, 2.05) is 0 Å². The zero-order valence-corrected chi connectivity index (χ0v) is 15.2. The summed E-state index contributed by atoms with van der Waals surface area (Å²) in [5, 5.41) is 0. The molecule has 26 heavy (non-hydrogen) atoms. The summed E-state index contributed by atoms with van der Waals surface area (Å²) in [5.74, 6) is -2.39. The summed E-state index contributed by atoms with van der Waals surface area (Å²) in [6.45, 7) is 8.16. The highest BCUT2D eigenvalue weighted by Gasteiger charge is 2.36. The number of rotatable bonds is 9. The third-order valence-electron chi connectivity index (χ3n) is 3.76. The molecular formula is C19H24O7. The minimum atomic E-state index is -0.934. The lowest BCUT2D eigenvalue weighted by atomic mass is 9.91. The number of hydrogen-bond donors (Lipinski definition) is 0. The Morgan fingerprint density at radius 1 is 1.42 bits per heavy atom. The monoisotopic (exact) mass is 364 g/mol. The molecule has 0 aromatic carbocycles. The molecule has 0 unspecified atom stereocenters. The van der Waals surface area contributed by atoms with Gasteiger partial charge in [-0.05, 0) is 19.9 Å². The summed E-state index contributed by atoms with van der Waals surface area (Å²) in [5.41, 5.74) is 0.139. The number of hydrogen-bond acceptors (Lipinski definition) is 7. The fraction of sp³-hybridized carbons (Fsp3) is 0.474. The van der Waals surface area contributed by atoms with E-state index in [1.54, 1.807) is 19.9 Å². The molecule has 0 bridgehead atoms. The molecule has 0 spiro atoms. The number of allylic oxidation sites excluding steroid dienone is 2. The highest BCUT2D eigenvalue weighted by Crippen LogP contribution is 2.25. The SMILES string of the molecule is C=C/C=C/[C@@H](C(=O)OCC)[C@H](C[C@@H]1O[C@@H](C)C(=O)C=C1C=O)OC(C)=O. The molecule has 142 valence electrons. The van der Waals surface area contributed by atoms with Crippen molar-refractivity contribution in [2.24, 2.45) is 5.92 Å². The molecule has 0 saturated carbocycles. The molecule has 7 nitrogen and oxygen atoms in total. The average Bonchev–Trinajstić information content (AvgIpc) is 2.57. The normalized spacial score (nSPS) is 22.3. The van der Waals surface area contributed by atoms with Crippen LogP contribution in [-0.4, -0.2) is 48.9 Å². The topological polar surface area (TPSA) is 96.0 Å². The first kappa shape index (κ1) is 21.5. The Labute approximate surface area is 152 Å². The summed E-state index contributed by atoms with van der Waals surface area (Å²) in [6, 6.07) is 0. The summed E-state index contributed by atoms with van der Waals surface area (Å²) in [7, 11) is 0. The van der Waals surface area contributed by atoms with Crippen LogP contribution in [0.2, 0.25) is 0 Å². The van der Waals surface area contributed by atoms with Crippen molar-refractivity contribution in [1.82, 2.24) is 0 Å². The van der Waals surface area contributed by atoms with Gasteiger partial charge in [-0.2, -0.15) is 0 Å². The number of esters is 2. The van der Waals surface area contributed by atoms with Crippen LogP contribution in [0.4, 0.5) is 0 Å². The van der Waals surface area contributed by atoms with Gasteiger partial charge in [0, 0.05) is 18.9 Å². The van der Waals surface area contributed by atoms with Crippen LogP contribution >= 0.6 is 0 Å². The van der Waals surface area contributed by atoms with Gasteiger partial charge in [0.1, 0.15) is 24.4 Å². The molecule has 4 atom stereocenters. The van der Waals surface area contributed by atoms with Gasteiger partial charge >= 0.3 is 11.9 Å². The van der Waals surface area contributed by atoms with Gasteiger partial charge in [-0.15, -0.1) is 0 Å². The van der Waals surface area contributed by atoms with E-state index in [0.717, 1.165) is 0 Å². The van der Waals surface area contributed by atoms with Crippen molar-refractivity contribution < 1.29 is 33.4 Å². The van der Waals surface area contributed by atoms with Gasteiger partial charge in [0.25, 0.3) is 0 Å². The smallest absolute Gasteiger partial charge is 0.316 e. The Kier molecular flexibility index (Phi) is 8.64. The van der Waals surface area contributed by atoms with Gasteiger partial charge in [-0.3, -0.25) is 19.2 Å². The summed E-state index contributed by atoms with van der Waals surface area (Å²) in [6.07, 6.45) is 3.86. The predicted octanol–water partition coefficient (Wildman–Crippen LogP) is 1.71. The van der Waals surface area contributed by atoms with E-state index in [1.165, 1.54) is 25.2 Å². The van der Waals surface area contributed by atoms with Crippen molar-refractivity contribution in [3.05, 3.63) is 36.5 Å². The molecule has 0 radical (unpaired) electrons. The second-order valence-electron chi connectivity index (χ2n) is 5.71. The Balaban J connectivity index is 3.15. The van der Waals surface area contributed by atoms with E-state index >= 15 is 0 Å². The maximum absolute atomic E-state index is 12.3. The maximum Gasteiger partial charge on any atom is 0.316 e. The summed E-state index contributed by atoms with van der Waals surface area (Å²) < 4.78 is 15.9. The van der Waals surface area contributed by atoms with Crippen molar-refractivity contribution in [3.63, 3.8) is 0 Å². The minimum Gasteiger partial charge on any atom is -0.465 e. The van der Waals surface area contributed by atoms with Crippen LogP contribution in [0.25, 0.3) is 0 Å². The number of aldehydes is 1. The quantitative estimate of drug-likeness (QED) is 0.349. The van der Waals surface area contributed by atoms with Crippen LogP contribution in [0.1, 0.15) is 27.2 Å². The Morgan fingerprint density at radius 3 is 2.65 bits per heavy atom. The van der Waals surface area contributed by atoms with Crippen molar-refractivity contribution in [2.45, 2.75) is 45.5 Å². The highest BCUT2D eigenvalue weighted by atomic mass is 16.6. The minimum absolute atomic E-state index is 0.0206. The Hall–Kier alpha value is -2.54. The Morgan fingerprint density at radius 2 is 2.12 bits per heavy atom. The van der Waals surface area contributed by atoms with Gasteiger partial charge < -0.3 is 14.2 Å². The molecule has 0 aliphatic carbocycles. The largest absolute Gasteiger partial charge is 0.465 e. The van der Waals surface area contributed by atoms with Crippen molar-refractivity contribution in [2.75, 3.05) is 6.61 Å². The van der Waals surface area contributed by atoms with E-state index in [4.69, 9.17) is 14.2 Å². The van der Waals surface area contributed by atoms with Gasteiger partial charge in [0.05, 0.1) is 12.7 Å². The maximum atomic E-state index is 12.3. The molecule has 0 N–H and O–H groups in total. The van der Waals surface area contributed by atoms with E-state index in [-0.39, 0.29) is 24.4 Å². The summed E-state index contributed by atoms with van der Waals surface area (Å²) in [4.78, 5) is 46.8. The molecular weight excluding hydrogens is 340 g/mol. The first-order valence-corrected chi connectivity index (χ1v) is 8.33. The third kappa shape index (κ3) is 6.07. The number of ketones is 1. The van der Waals surface area contributed by atoms with Gasteiger partial charge in [0.15, 0.2) is 5.78 Å². The van der Waals surface area contributed by atoms with Crippen molar-refractivity contribution in [3.8, 4) is 0 Å². The van der Waals surface area contributed by atoms with E-state index in [9.17, 15) is 19.2 Å². The summed E-state index contributed by atoms with van der Waals surface area (Å²) >= 11 is 0. The van der Waals surface area contributed by atoms with Gasteiger partial charge in [-0.25, -0.2) is 0 Å². The lowest BCUT2D eigenvalue weighted by molar-refractivity contribution is -0.160. The zero-order valence-electron chi connectivity index (χ0n) is 15.2. The molecule has 1 aliphatic rings. The first-order chi connectivity index (χ1) is 12.3. The molecule has 0 amide bonds. The third-order valence-corrected chi connectivity index (χ3v) is 3.76. The lowest BCUT2D eigenvalue weighted by Gasteiger charge is -2.30. The van der Waals surface area contributed by atoms with Crippen LogP contribution in [0, 0.1) is 5.92 Å². The molecule has 0 aromatic rings. The lowest BCUT2D eigenvalue weighted by Crippen LogP contribution is -2.40. The molecule has 1 rings (SSSR count). The number of carbonyl (C=O) groups excluding carboxylic acids is 4. The molecule has 1 heterocycles. The van der Waals surface area contributed by atoms with Crippen LogP contribution in [0.15, 0.2) is 36.5 Å². The van der Waals surface area contributed by atoms with Gasteiger partial charge in [-0.1, -0.05) is 24.8 Å². The molecule has 7 heteroatoms. The molecule has 0 fully saturated rings. The fourth-order valence-corrected chi connectivity index (χ4v) is 2.55. The van der Waals surface area contributed by atoms with Crippen LogP contribution in [-0.2, 0) is 33.4 Å². The number of ether oxygens (including phenoxy) is 3. The van der Waals surface area contributed by atoms with E-state index in [0.29, 0.717) is 6.29 Å². The fourth-order valence-electron chi connectivity index (χ4n) is 2.55. The van der Waals surface area contributed by atoms with Crippen molar-refractivity contribution in [1.29, 1.82) is 0 Å². The average molecular weight is 364 g/mol. The standard InChI is InChI=1S/C19H24O7/c1-5-7-8-15(19(23)24-6-2)18(26-13(4)21)10-17-14(11-20)9-16(22)12(3)25-17/h5,7-9,11-12,15,17-18H,1,6,10H2,2-4H3/b8-7+/t12-,15+,17-,18-/m0/s1. The first-order valence-electron chi connectivity index (χ1n) is 8.33. The van der Waals surface area contributed by atoms with Crippen LogP contribution < -0.4 is 0 Å². The molecule has 0 saturated heterocycles. The number of carbonyl (C=O) groups is 4. The molecule has 1 aliphatic heterocycles. The second kappa shape index (κ2) is 10.5. The van der Waals surface area contributed by atoms with Crippen LogP contribution in [0.3, 0.4) is 0 Å². The Bertz CT molecular complexity index is 617. The highest BCUT2D eigenvalue weighted by molar-refractivity contribution is 5.99. The van der Waals surface area contributed by atoms with E-state index < -0.39 is 36.2 Å². The second-order valence-corrected chi connectivity index (χ2v) is 5.71. The van der Waals surface area contributed by atoms with Crippen LogP contribution in [0.5, 0.6) is 0 Å². The van der Waals surface area contributed by atoms with Gasteiger partial charge in [0.2, 0.25) is 0 Å². The zero-order chi connectivity index (χ0) is 19.7. The predicted molar refractivity (Wildman–Crippen MR) is 93.1 cm³/mol. The van der Waals surface area contributed by atoms with E-state index in [2.05, 4.69) is 6.58 Å². The van der Waals surface area contributed by atoms with Crippen molar-refractivity contribution >= 4 is 24.0 Å².